The molecule has 0 atom stereocenters. The molecule has 0 aliphatic carbocycles. The lowest BCUT2D eigenvalue weighted by molar-refractivity contribution is -0.119. The number of carbonyl (C=O) groups excluding carboxylic acids is 3. The normalized spacial score (nSPS) is 12.6. The number of nitrogens with two attached hydrogens (primary N) is 1. The first-order valence-electron chi connectivity index (χ1n) is 8.49. The van der Waals surface area contributed by atoms with E-state index >= 15 is 0 Å². The molecule has 0 aromatic heterocycles. The minimum Gasteiger partial charge on any atom is -0.366 e. The van der Waals surface area contributed by atoms with Gasteiger partial charge in [0.1, 0.15) is 0 Å². The summed E-state index contributed by atoms with van der Waals surface area (Å²) in [5.74, 6) is -0.589. The summed E-state index contributed by atoms with van der Waals surface area (Å²) in [5, 5.41) is 2.74. The van der Waals surface area contributed by atoms with E-state index in [1.807, 2.05) is 30.3 Å². The molecule has 2 aromatic rings. The Morgan fingerprint density at radius 2 is 1.77 bits per heavy atom. The van der Waals surface area contributed by atoms with Gasteiger partial charge in [0.05, 0.1) is 6.42 Å². The van der Waals surface area contributed by atoms with Gasteiger partial charge in [-0.2, -0.15) is 0 Å². The van der Waals surface area contributed by atoms with Crippen LogP contribution < -0.4 is 16.0 Å². The molecule has 0 fully saturated rings. The molecule has 0 saturated carbocycles. The fourth-order valence-corrected chi connectivity index (χ4v) is 3.06. The zero-order chi connectivity index (χ0) is 18.7. The largest absolute Gasteiger partial charge is 0.366 e. The Morgan fingerprint density at radius 1 is 1.08 bits per heavy atom. The van der Waals surface area contributed by atoms with Gasteiger partial charge in [-0.05, 0) is 35.2 Å². The van der Waals surface area contributed by atoms with Crippen LogP contribution in [0.15, 0.2) is 42.5 Å². The second-order valence-corrected chi connectivity index (χ2v) is 6.41. The molecule has 6 heteroatoms. The van der Waals surface area contributed by atoms with Gasteiger partial charge in [0.25, 0.3) is 0 Å². The molecule has 0 unspecified atom stereocenters. The van der Waals surface area contributed by atoms with E-state index in [-0.39, 0.29) is 18.2 Å². The van der Waals surface area contributed by atoms with Crippen molar-refractivity contribution in [3.05, 3.63) is 64.7 Å². The number of anilines is 1. The summed E-state index contributed by atoms with van der Waals surface area (Å²) in [5.41, 5.74) is 9.46. The topological polar surface area (TPSA) is 92.5 Å². The van der Waals surface area contributed by atoms with Crippen molar-refractivity contribution in [2.75, 3.05) is 11.4 Å². The standard InChI is InChI=1S/C20H21N3O3/c1-13(24)22-12-15-4-2-14(3-5-15)10-19(25)23-9-8-16-6-7-17(20(21)26)11-18(16)23/h2-7,11H,8-10,12H2,1H3,(H2,21,26)(H,22,24). The van der Waals surface area contributed by atoms with E-state index < -0.39 is 5.91 Å². The molecule has 3 rings (SSSR count). The third kappa shape index (κ3) is 3.91. The summed E-state index contributed by atoms with van der Waals surface area (Å²) in [6, 6.07) is 12.8. The number of nitrogens with zero attached hydrogens (tertiary/aromatic N) is 1. The molecule has 1 aliphatic heterocycles. The number of carbonyl (C=O) groups is 3. The van der Waals surface area contributed by atoms with Crippen molar-refractivity contribution in [2.24, 2.45) is 5.73 Å². The maximum Gasteiger partial charge on any atom is 0.248 e. The Kier molecular flexibility index (Phi) is 5.02. The highest BCUT2D eigenvalue weighted by Gasteiger charge is 2.25. The Labute approximate surface area is 152 Å². The van der Waals surface area contributed by atoms with E-state index in [2.05, 4.69) is 5.32 Å². The first-order valence-corrected chi connectivity index (χ1v) is 8.49. The Balaban J connectivity index is 1.69. The molecule has 0 radical (unpaired) electrons. The van der Waals surface area contributed by atoms with Crippen LogP contribution in [0, 0.1) is 0 Å². The van der Waals surface area contributed by atoms with Gasteiger partial charge in [-0.25, -0.2) is 0 Å². The number of hydrogen-bond donors (Lipinski definition) is 2. The minimum absolute atomic E-state index is 0.0139. The van der Waals surface area contributed by atoms with Crippen LogP contribution in [0.3, 0.4) is 0 Å². The number of rotatable bonds is 5. The summed E-state index contributed by atoms with van der Waals surface area (Å²) in [6.45, 7) is 2.56. The average Bonchev–Trinajstić information content (AvgIpc) is 3.04. The van der Waals surface area contributed by atoms with E-state index in [1.54, 1.807) is 17.0 Å². The number of primary amides is 1. The van der Waals surface area contributed by atoms with E-state index in [0.717, 1.165) is 28.8 Å². The fourth-order valence-electron chi connectivity index (χ4n) is 3.06. The zero-order valence-corrected chi connectivity index (χ0v) is 14.6. The van der Waals surface area contributed by atoms with Gasteiger partial charge in [0.15, 0.2) is 0 Å². The van der Waals surface area contributed by atoms with Crippen molar-refractivity contribution >= 4 is 23.4 Å². The lowest BCUT2D eigenvalue weighted by Gasteiger charge is -2.18. The van der Waals surface area contributed by atoms with Crippen molar-refractivity contribution in [3.63, 3.8) is 0 Å². The van der Waals surface area contributed by atoms with Crippen LogP contribution in [0.5, 0.6) is 0 Å². The first-order chi connectivity index (χ1) is 12.4. The van der Waals surface area contributed by atoms with Crippen LogP contribution in [0.1, 0.15) is 34.0 Å². The molecule has 6 nitrogen and oxygen atoms in total. The number of amides is 3. The van der Waals surface area contributed by atoms with Crippen LogP contribution in [0.4, 0.5) is 5.69 Å². The van der Waals surface area contributed by atoms with Gasteiger partial charge in [-0.3, -0.25) is 14.4 Å². The quantitative estimate of drug-likeness (QED) is 0.856. The summed E-state index contributed by atoms with van der Waals surface area (Å²) in [6.07, 6.45) is 1.05. The van der Waals surface area contributed by atoms with Crippen LogP contribution in [0.2, 0.25) is 0 Å². The van der Waals surface area contributed by atoms with E-state index in [4.69, 9.17) is 5.73 Å². The third-order valence-corrected chi connectivity index (χ3v) is 4.49. The van der Waals surface area contributed by atoms with Crippen LogP contribution in [0.25, 0.3) is 0 Å². The Bertz CT molecular complexity index is 859. The smallest absolute Gasteiger partial charge is 0.248 e. The highest BCUT2D eigenvalue weighted by atomic mass is 16.2. The Morgan fingerprint density at radius 3 is 2.42 bits per heavy atom. The molecule has 134 valence electrons. The number of nitrogens with one attached hydrogen (secondary N) is 1. The highest BCUT2D eigenvalue weighted by molar-refractivity contribution is 5.99. The van der Waals surface area contributed by atoms with Gasteiger partial charge < -0.3 is 16.0 Å². The maximum absolute atomic E-state index is 12.7. The van der Waals surface area contributed by atoms with Gasteiger partial charge in [0.2, 0.25) is 17.7 Å². The van der Waals surface area contributed by atoms with Crippen molar-refractivity contribution in [1.82, 2.24) is 5.32 Å². The second-order valence-electron chi connectivity index (χ2n) is 6.41. The molecule has 3 amide bonds. The molecule has 0 saturated heterocycles. The first kappa shape index (κ1) is 17.7. The van der Waals surface area contributed by atoms with Crippen LogP contribution in [-0.4, -0.2) is 24.3 Å². The average molecular weight is 351 g/mol. The molecule has 1 aliphatic rings. The van der Waals surface area contributed by atoms with Crippen molar-refractivity contribution in [2.45, 2.75) is 26.3 Å². The van der Waals surface area contributed by atoms with Gasteiger partial charge in [-0.1, -0.05) is 30.3 Å². The molecular weight excluding hydrogens is 330 g/mol. The number of fused-ring (bicyclic) bond motifs is 1. The van der Waals surface area contributed by atoms with Crippen molar-refractivity contribution in [1.29, 1.82) is 0 Å². The SMILES string of the molecule is CC(=O)NCc1ccc(CC(=O)N2CCc3ccc(C(N)=O)cc32)cc1. The molecule has 0 bridgehead atoms. The van der Waals surface area contributed by atoms with Crippen molar-refractivity contribution < 1.29 is 14.4 Å². The summed E-state index contributed by atoms with van der Waals surface area (Å²) < 4.78 is 0. The lowest BCUT2D eigenvalue weighted by atomic mass is 10.1. The van der Waals surface area contributed by atoms with Crippen LogP contribution in [-0.2, 0) is 29.0 Å². The summed E-state index contributed by atoms with van der Waals surface area (Å²) in [7, 11) is 0. The van der Waals surface area contributed by atoms with Crippen molar-refractivity contribution in [3.8, 4) is 0 Å². The predicted octanol–water partition coefficient (Wildman–Crippen LogP) is 1.55. The van der Waals surface area contributed by atoms with Gasteiger partial charge in [0, 0.05) is 31.3 Å². The second kappa shape index (κ2) is 7.39. The molecular formula is C20H21N3O3. The monoisotopic (exact) mass is 351 g/mol. The number of hydrogen-bond acceptors (Lipinski definition) is 3. The maximum atomic E-state index is 12.7. The van der Waals surface area contributed by atoms with Gasteiger partial charge >= 0.3 is 0 Å². The summed E-state index contributed by atoms with van der Waals surface area (Å²) >= 11 is 0. The van der Waals surface area contributed by atoms with E-state index in [1.165, 1.54) is 6.92 Å². The zero-order valence-electron chi connectivity index (χ0n) is 14.6. The Hall–Kier alpha value is -3.15. The van der Waals surface area contributed by atoms with E-state index in [0.29, 0.717) is 18.7 Å². The van der Waals surface area contributed by atoms with Gasteiger partial charge in [-0.15, -0.1) is 0 Å². The minimum atomic E-state index is -0.498. The molecule has 3 N–H and O–H groups in total. The lowest BCUT2D eigenvalue weighted by Crippen LogP contribution is -2.30. The molecule has 1 heterocycles. The molecule has 0 spiro atoms. The number of benzene rings is 2. The van der Waals surface area contributed by atoms with Crippen LogP contribution >= 0.6 is 0 Å². The van der Waals surface area contributed by atoms with E-state index in [9.17, 15) is 14.4 Å². The summed E-state index contributed by atoms with van der Waals surface area (Å²) in [4.78, 5) is 36.8. The predicted molar refractivity (Wildman–Crippen MR) is 98.7 cm³/mol. The highest BCUT2D eigenvalue weighted by Crippen LogP contribution is 2.29. The fraction of sp³-hybridized carbons (Fsp3) is 0.250. The third-order valence-electron chi connectivity index (χ3n) is 4.49. The molecule has 2 aromatic carbocycles. The molecule has 26 heavy (non-hydrogen) atoms.